The summed E-state index contributed by atoms with van der Waals surface area (Å²) in [6.07, 6.45) is 4.13. The summed E-state index contributed by atoms with van der Waals surface area (Å²) in [5.41, 5.74) is 0. The molecule has 22 heavy (non-hydrogen) atoms. The molecule has 2 aliphatic rings. The molecule has 0 spiro atoms. The fourth-order valence-corrected chi connectivity index (χ4v) is 2.82. The van der Waals surface area contributed by atoms with Crippen LogP contribution in [0.2, 0.25) is 0 Å². The number of hydrogen-bond donors (Lipinski definition) is 2. The first-order chi connectivity index (χ1) is 10.7. The average Bonchev–Trinajstić information content (AvgIpc) is 2.99. The Hall–Kier alpha value is -1.68. The predicted octanol–water partition coefficient (Wildman–Crippen LogP) is -0.0676. The maximum atomic E-state index is 11.7. The van der Waals surface area contributed by atoms with Crippen molar-refractivity contribution in [2.24, 2.45) is 0 Å². The van der Waals surface area contributed by atoms with Gasteiger partial charge in [0, 0.05) is 12.6 Å². The van der Waals surface area contributed by atoms with Crippen LogP contribution in [-0.4, -0.2) is 56.7 Å². The molecule has 1 saturated heterocycles. The number of rotatable bonds is 6. The molecule has 2 heterocycles. The minimum atomic E-state index is -0.438. The molecule has 3 rings (SSSR count). The molecule has 1 saturated carbocycles. The summed E-state index contributed by atoms with van der Waals surface area (Å²) in [5.74, 6) is -0.279. The zero-order chi connectivity index (χ0) is 15.4. The van der Waals surface area contributed by atoms with Gasteiger partial charge in [-0.1, -0.05) is 11.8 Å². The molecule has 9 nitrogen and oxygen atoms in total. The number of ether oxygens (including phenoxy) is 1. The number of carbonyl (C=O) groups excluding carboxylic acids is 2. The van der Waals surface area contributed by atoms with Gasteiger partial charge in [-0.15, -0.1) is 5.10 Å². The van der Waals surface area contributed by atoms with Gasteiger partial charge in [0.05, 0.1) is 18.4 Å². The quantitative estimate of drug-likeness (QED) is 0.704. The molecule has 1 atom stereocenters. The third-order valence-electron chi connectivity index (χ3n) is 3.40. The van der Waals surface area contributed by atoms with Crippen LogP contribution in [0.5, 0.6) is 0 Å². The highest BCUT2D eigenvalue weighted by Crippen LogP contribution is 2.19. The van der Waals surface area contributed by atoms with Crippen LogP contribution < -0.4 is 10.6 Å². The van der Waals surface area contributed by atoms with Crippen molar-refractivity contribution in [1.29, 1.82) is 0 Å². The van der Waals surface area contributed by atoms with E-state index in [0.29, 0.717) is 11.7 Å². The summed E-state index contributed by atoms with van der Waals surface area (Å²) in [5, 5.41) is 17.0. The van der Waals surface area contributed by atoms with E-state index in [1.807, 2.05) is 0 Å². The number of thioether (sulfide) groups is 1. The number of tetrazole rings is 1. The van der Waals surface area contributed by atoms with Crippen molar-refractivity contribution in [3.63, 3.8) is 0 Å². The van der Waals surface area contributed by atoms with E-state index < -0.39 is 6.03 Å². The van der Waals surface area contributed by atoms with Gasteiger partial charge in [-0.05, 0) is 36.1 Å². The number of amides is 3. The van der Waals surface area contributed by atoms with E-state index in [4.69, 9.17) is 4.74 Å². The van der Waals surface area contributed by atoms with Gasteiger partial charge in [0.25, 0.3) is 0 Å². The van der Waals surface area contributed by atoms with Gasteiger partial charge in [0.15, 0.2) is 0 Å². The largest absolute Gasteiger partial charge is 0.376 e. The SMILES string of the molecule is O=C(CSc1nnnn1C[C@H]1CCCO1)NC(=O)NC1CC1. The zero-order valence-electron chi connectivity index (χ0n) is 12.0. The van der Waals surface area contributed by atoms with E-state index in [-0.39, 0.29) is 23.8 Å². The van der Waals surface area contributed by atoms with E-state index in [9.17, 15) is 9.59 Å². The van der Waals surface area contributed by atoms with Crippen LogP contribution in [0, 0.1) is 0 Å². The molecule has 0 radical (unpaired) electrons. The number of imide groups is 1. The van der Waals surface area contributed by atoms with Gasteiger partial charge in [-0.2, -0.15) is 0 Å². The van der Waals surface area contributed by atoms with Crippen molar-refractivity contribution < 1.29 is 14.3 Å². The average molecular weight is 326 g/mol. The van der Waals surface area contributed by atoms with Gasteiger partial charge < -0.3 is 10.1 Å². The molecule has 1 aliphatic heterocycles. The number of aromatic nitrogens is 4. The summed E-state index contributed by atoms with van der Waals surface area (Å²) in [6, 6.07) is -0.216. The lowest BCUT2D eigenvalue weighted by molar-refractivity contribution is -0.117. The Morgan fingerprint density at radius 2 is 2.23 bits per heavy atom. The number of nitrogens with one attached hydrogen (secondary N) is 2. The lowest BCUT2D eigenvalue weighted by Gasteiger charge is -2.10. The maximum Gasteiger partial charge on any atom is 0.321 e. The molecule has 10 heteroatoms. The standard InChI is InChI=1S/C12H18N6O3S/c19-10(14-11(20)13-8-3-4-8)7-22-12-15-16-17-18(12)6-9-2-1-5-21-9/h8-9H,1-7H2,(H2,13,14,19,20)/t9-/m1/s1. The lowest BCUT2D eigenvalue weighted by Crippen LogP contribution is -2.41. The minimum absolute atomic E-state index is 0.0873. The first-order valence-electron chi connectivity index (χ1n) is 7.31. The lowest BCUT2D eigenvalue weighted by atomic mass is 10.2. The molecular weight excluding hydrogens is 308 g/mol. The third-order valence-corrected chi connectivity index (χ3v) is 4.35. The molecular formula is C12H18N6O3S. The summed E-state index contributed by atoms with van der Waals surface area (Å²) < 4.78 is 7.18. The molecule has 0 aromatic carbocycles. The number of hydrogen-bond acceptors (Lipinski definition) is 7. The van der Waals surface area contributed by atoms with Crippen molar-refractivity contribution in [3.05, 3.63) is 0 Å². The predicted molar refractivity (Wildman–Crippen MR) is 77.2 cm³/mol. The van der Waals surface area contributed by atoms with Gasteiger partial charge >= 0.3 is 6.03 Å². The highest BCUT2D eigenvalue weighted by atomic mass is 32.2. The molecule has 1 aromatic heterocycles. The Bertz CT molecular complexity index is 541. The Kier molecular flexibility index (Phi) is 4.88. The van der Waals surface area contributed by atoms with E-state index in [1.54, 1.807) is 4.68 Å². The van der Waals surface area contributed by atoms with Crippen LogP contribution in [0.3, 0.4) is 0 Å². The minimum Gasteiger partial charge on any atom is -0.376 e. The maximum absolute atomic E-state index is 11.7. The van der Waals surface area contributed by atoms with Gasteiger partial charge in [-0.25, -0.2) is 9.48 Å². The van der Waals surface area contributed by atoms with E-state index in [2.05, 4.69) is 26.2 Å². The normalized spacial score (nSPS) is 20.8. The van der Waals surface area contributed by atoms with Crippen molar-refractivity contribution in [2.75, 3.05) is 12.4 Å². The molecule has 1 aliphatic carbocycles. The van der Waals surface area contributed by atoms with Crippen LogP contribution in [0.4, 0.5) is 4.79 Å². The highest BCUT2D eigenvalue weighted by molar-refractivity contribution is 7.99. The van der Waals surface area contributed by atoms with Crippen molar-refractivity contribution in [1.82, 2.24) is 30.8 Å². The highest BCUT2D eigenvalue weighted by Gasteiger charge is 2.24. The number of carbonyl (C=O) groups is 2. The van der Waals surface area contributed by atoms with Crippen LogP contribution in [-0.2, 0) is 16.1 Å². The molecule has 120 valence electrons. The summed E-state index contributed by atoms with van der Waals surface area (Å²) >= 11 is 1.20. The molecule has 0 unspecified atom stereocenters. The van der Waals surface area contributed by atoms with Crippen LogP contribution in [0.1, 0.15) is 25.7 Å². The molecule has 3 amide bonds. The van der Waals surface area contributed by atoms with Crippen LogP contribution >= 0.6 is 11.8 Å². The third kappa shape index (κ3) is 4.41. The van der Waals surface area contributed by atoms with E-state index >= 15 is 0 Å². The van der Waals surface area contributed by atoms with Gasteiger partial charge in [-0.3, -0.25) is 10.1 Å². The number of urea groups is 1. The Morgan fingerprint density at radius 1 is 1.36 bits per heavy atom. The van der Waals surface area contributed by atoms with E-state index in [0.717, 1.165) is 32.3 Å². The monoisotopic (exact) mass is 326 g/mol. The second-order valence-electron chi connectivity index (χ2n) is 5.36. The number of nitrogens with zero attached hydrogens (tertiary/aromatic N) is 4. The second kappa shape index (κ2) is 7.05. The summed E-state index contributed by atoms with van der Waals surface area (Å²) in [7, 11) is 0. The topological polar surface area (TPSA) is 111 Å². The van der Waals surface area contributed by atoms with Crippen molar-refractivity contribution >= 4 is 23.7 Å². The van der Waals surface area contributed by atoms with E-state index in [1.165, 1.54) is 11.8 Å². The molecule has 2 fully saturated rings. The Labute approximate surface area is 131 Å². The summed E-state index contributed by atoms with van der Waals surface area (Å²) in [4.78, 5) is 23.2. The Morgan fingerprint density at radius 3 is 2.95 bits per heavy atom. The van der Waals surface area contributed by atoms with Gasteiger partial charge in [0.2, 0.25) is 11.1 Å². The smallest absolute Gasteiger partial charge is 0.321 e. The van der Waals surface area contributed by atoms with Crippen LogP contribution in [0.15, 0.2) is 5.16 Å². The van der Waals surface area contributed by atoms with Crippen molar-refractivity contribution in [3.8, 4) is 0 Å². The van der Waals surface area contributed by atoms with Crippen LogP contribution in [0.25, 0.3) is 0 Å². The fourth-order valence-electron chi connectivity index (χ4n) is 2.14. The molecule has 1 aromatic rings. The first kappa shape index (κ1) is 15.2. The van der Waals surface area contributed by atoms with Crippen molar-refractivity contribution in [2.45, 2.75) is 49.5 Å². The zero-order valence-corrected chi connectivity index (χ0v) is 12.8. The summed E-state index contributed by atoms with van der Waals surface area (Å²) in [6.45, 7) is 1.35. The fraction of sp³-hybridized carbons (Fsp3) is 0.750. The second-order valence-corrected chi connectivity index (χ2v) is 6.31. The first-order valence-corrected chi connectivity index (χ1v) is 8.30. The van der Waals surface area contributed by atoms with Gasteiger partial charge in [0.1, 0.15) is 0 Å². The Balaban J connectivity index is 1.43. The molecule has 0 bridgehead atoms. The molecule has 2 N–H and O–H groups in total.